The predicted molar refractivity (Wildman–Crippen MR) is 70.5 cm³/mol. The number of aromatic amines is 1. The number of rotatable bonds is 4. The van der Waals surface area contributed by atoms with E-state index in [1.54, 1.807) is 6.92 Å². The maximum absolute atomic E-state index is 12.1. The van der Waals surface area contributed by atoms with Gasteiger partial charge in [0.2, 0.25) is 0 Å². The molecule has 0 amide bonds. The van der Waals surface area contributed by atoms with Crippen molar-refractivity contribution in [2.75, 3.05) is 17.8 Å². The van der Waals surface area contributed by atoms with Crippen LogP contribution >= 0.6 is 0 Å². The Labute approximate surface area is 111 Å². The van der Waals surface area contributed by atoms with Gasteiger partial charge in [0.05, 0.1) is 5.69 Å². The van der Waals surface area contributed by atoms with Crippen LogP contribution in [0.5, 0.6) is 0 Å². The van der Waals surface area contributed by atoms with Gasteiger partial charge in [0.1, 0.15) is 5.69 Å². The number of aromatic nitrogens is 1. The molecule has 1 saturated heterocycles. The first-order valence-electron chi connectivity index (χ1n) is 6.11. The summed E-state index contributed by atoms with van der Waals surface area (Å²) in [5.74, 6) is -1.19. The zero-order chi connectivity index (χ0) is 14.0. The highest BCUT2D eigenvalue weighted by Crippen LogP contribution is 2.21. The smallest absolute Gasteiger partial charge is 0.354 e. The number of carboxylic acids is 1. The molecular weight excluding hydrogens is 270 g/mol. The number of hydrogen-bond donors (Lipinski definition) is 3. The van der Waals surface area contributed by atoms with Gasteiger partial charge in [-0.25, -0.2) is 4.79 Å². The van der Waals surface area contributed by atoms with Gasteiger partial charge in [-0.3, -0.25) is 4.72 Å². The fraction of sp³-hybridized carbons (Fsp3) is 0.545. The highest BCUT2D eigenvalue weighted by atomic mass is 32.2. The molecule has 1 aromatic heterocycles. The van der Waals surface area contributed by atoms with Crippen LogP contribution in [0.2, 0.25) is 0 Å². The van der Waals surface area contributed by atoms with E-state index >= 15 is 0 Å². The Kier molecular flexibility index (Phi) is 3.81. The Hall–Kier alpha value is -1.54. The summed E-state index contributed by atoms with van der Waals surface area (Å²) in [4.78, 5) is 13.6. The third-order valence-corrected chi connectivity index (χ3v) is 4.58. The van der Waals surface area contributed by atoms with E-state index < -0.39 is 16.2 Å². The molecule has 19 heavy (non-hydrogen) atoms. The Morgan fingerprint density at radius 1 is 1.37 bits per heavy atom. The number of carboxylic acid groups (broad SMARTS) is 1. The van der Waals surface area contributed by atoms with E-state index in [0.717, 1.165) is 19.3 Å². The number of nitrogens with zero attached hydrogens (tertiary/aromatic N) is 1. The lowest BCUT2D eigenvalue weighted by Gasteiger charge is -2.26. The number of carbonyl (C=O) groups is 1. The van der Waals surface area contributed by atoms with Crippen molar-refractivity contribution >= 4 is 21.9 Å². The monoisotopic (exact) mass is 287 g/mol. The Morgan fingerprint density at radius 2 is 2.00 bits per heavy atom. The van der Waals surface area contributed by atoms with Crippen molar-refractivity contribution in [3.63, 3.8) is 0 Å². The van der Waals surface area contributed by atoms with E-state index in [-0.39, 0.29) is 11.4 Å². The molecular formula is C11H17N3O4S. The molecule has 0 bridgehead atoms. The van der Waals surface area contributed by atoms with E-state index in [1.165, 1.54) is 10.4 Å². The number of hydrogen-bond acceptors (Lipinski definition) is 3. The van der Waals surface area contributed by atoms with Crippen LogP contribution < -0.4 is 4.72 Å². The fourth-order valence-corrected chi connectivity index (χ4v) is 3.45. The Morgan fingerprint density at radius 3 is 2.58 bits per heavy atom. The lowest BCUT2D eigenvalue weighted by atomic mass is 10.2. The van der Waals surface area contributed by atoms with Crippen LogP contribution in [0.15, 0.2) is 6.07 Å². The molecule has 0 unspecified atom stereocenters. The average Bonchev–Trinajstić information content (AvgIpc) is 2.71. The van der Waals surface area contributed by atoms with Gasteiger partial charge in [-0.2, -0.15) is 12.7 Å². The normalized spacial score (nSPS) is 17.3. The predicted octanol–water partition coefficient (Wildman–Crippen LogP) is 1.16. The summed E-state index contributed by atoms with van der Waals surface area (Å²) in [7, 11) is -3.68. The van der Waals surface area contributed by atoms with Crippen molar-refractivity contribution in [1.29, 1.82) is 0 Å². The van der Waals surface area contributed by atoms with Crippen molar-refractivity contribution in [2.24, 2.45) is 0 Å². The first-order chi connectivity index (χ1) is 8.90. The second kappa shape index (κ2) is 5.22. The molecule has 0 aromatic carbocycles. The molecule has 1 aliphatic rings. The molecule has 0 spiro atoms. The molecule has 2 heterocycles. The van der Waals surface area contributed by atoms with Crippen molar-refractivity contribution < 1.29 is 18.3 Å². The quantitative estimate of drug-likeness (QED) is 0.773. The Balaban J connectivity index is 2.22. The maximum atomic E-state index is 12.1. The minimum atomic E-state index is -3.68. The standard InChI is InChI=1S/C11H17N3O4S/c1-8-7-9(10(12-8)11(15)16)13-19(17,18)14-5-3-2-4-6-14/h7,12-13H,2-6H2,1H3,(H,15,16). The maximum Gasteiger partial charge on any atom is 0.354 e. The summed E-state index contributed by atoms with van der Waals surface area (Å²) in [6, 6.07) is 1.48. The third-order valence-electron chi connectivity index (χ3n) is 3.06. The van der Waals surface area contributed by atoms with Gasteiger partial charge in [-0.15, -0.1) is 0 Å². The molecule has 0 radical (unpaired) electrons. The largest absolute Gasteiger partial charge is 0.477 e. The van der Waals surface area contributed by atoms with Gasteiger partial charge in [0.15, 0.2) is 0 Å². The second-order valence-corrected chi connectivity index (χ2v) is 6.28. The lowest BCUT2D eigenvalue weighted by molar-refractivity contribution is 0.0692. The SMILES string of the molecule is Cc1cc(NS(=O)(=O)N2CCCCC2)c(C(=O)O)[nH]1. The van der Waals surface area contributed by atoms with Crippen LogP contribution in [0, 0.1) is 6.92 Å². The summed E-state index contributed by atoms with van der Waals surface area (Å²) in [6.45, 7) is 2.62. The van der Waals surface area contributed by atoms with Crippen LogP contribution in [-0.2, 0) is 10.2 Å². The minimum absolute atomic E-state index is 0.0792. The van der Waals surface area contributed by atoms with Gasteiger partial charge in [-0.05, 0) is 25.8 Å². The Bertz CT molecular complexity index is 573. The van der Waals surface area contributed by atoms with Crippen LogP contribution in [0.25, 0.3) is 0 Å². The molecule has 3 N–H and O–H groups in total. The molecule has 8 heteroatoms. The summed E-state index contributed by atoms with van der Waals surface area (Å²) < 4.78 is 28.0. The molecule has 1 aromatic rings. The van der Waals surface area contributed by atoms with Gasteiger partial charge in [-0.1, -0.05) is 6.42 Å². The highest BCUT2D eigenvalue weighted by molar-refractivity contribution is 7.90. The van der Waals surface area contributed by atoms with E-state index in [1.807, 2.05) is 0 Å². The van der Waals surface area contributed by atoms with Crippen molar-refractivity contribution in [1.82, 2.24) is 9.29 Å². The second-order valence-electron chi connectivity index (χ2n) is 4.61. The van der Waals surface area contributed by atoms with Crippen LogP contribution in [0.4, 0.5) is 5.69 Å². The molecule has 1 fully saturated rings. The van der Waals surface area contributed by atoms with E-state index in [2.05, 4.69) is 9.71 Å². The number of aryl methyl sites for hydroxylation is 1. The van der Waals surface area contributed by atoms with Gasteiger partial charge in [0, 0.05) is 18.8 Å². The first kappa shape index (κ1) is 13.9. The molecule has 7 nitrogen and oxygen atoms in total. The molecule has 106 valence electrons. The molecule has 1 aliphatic heterocycles. The first-order valence-corrected chi connectivity index (χ1v) is 7.55. The topological polar surface area (TPSA) is 102 Å². The van der Waals surface area contributed by atoms with Gasteiger partial charge in [0.25, 0.3) is 0 Å². The molecule has 0 saturated carbocycles. The lowest BCUT2D eigenvalue weighted by Crippen LogP contribution is -2.39. The number of aromatic carboxylic acids is 1. The number of nitrogens with one attached hydrogen (secondary N) is 2. The minimum Gasteiger partial charge on any atom is -0.477 e. The molecule has 2 rings (SSSR count). The van der Waals surface area contributed by atoms with Crippen LogP contribution in [0.1, 0.15) is 35.4 Å². The van der Waals surface area contributed by atoms with E-state index in [9.17, 15) is 13.2 Å². The third kappa shape index (κ3) is 3.07. The van der Waals surface area contributed by atoms with Gasteiger partial charge < -0.3 is 10.1 Å². The summed E-state index contributed by atoms with van der Waals surface area (Å²) in [5.41, 5.74) is 0.530. The number of piperidine rings is 1. The molecule has 0 aliphatic carbocycles. The molecule has 0 atom stereocenters. The summed E-state index contributed by atoms with van der Waals surface area (Å²) in [5, 5.41) is 9.01. The van der Waals surface area contributed by atoms with Crippen molar-refractivity contribution in [3.05, 3.63) is 17.5 Å². The van der Waals surface area contributed by atoms with E-state index in [0.29, 0.717) is 18.8 Å². The summed E-state index contributed by atoms with van der Waals surface area (Å²) in [6.07, 6.45) is 2.69. The summed E-state index contributed by atoms with van der Waals surface area (Å²) >= 11 is 0. The van der Waals surface area contributed by atoms with Crippen LogP contribution in [-0.4, -0.2) is 41.9 Å². The zero-order valence-electron chi connectivity index (χ0n) is 10.6. The van der Waals surface area contributed by atoms with Gasteiger partial charge >= 0.3 is 16.2 Å². The fourth-order valence-electron chi connectivity index (χ4n) is 2.15. The average molecular weight is 287 g/mol. The van der Waals surface area contributed by atoms with Crippen LogP contribution in [0.3, 0.4) is 0 Å². The zero-order valence-corrected chi connectivity index (χ0v) is 11.5. The highest BCUT2D eigenvalue weighted by Gasteiger charge is 2.26. The van der Waals surface area contributed by atoms with Crippen molar-refractivity contribution in [2.45, 2.75) is 26.2 Å². The van der Waals surface area contributed by atoms with Crippen molar-refractivity contribution in [3.8, 4) is 0 Å². The van der Waals surface area contributed by atoms with E-state index in [4.69, 9.17) is 5.11 Å². The number of H-pyrrole nitrogens is 1. The number of anilines is 1.